The number of amides is 1. The summed E-state index contributed by atoms with van der Waals surface area (Å²) in [5.74, 6) is 0.421. The summed E-state index contributed by atoms with van der Waals surface area (Å²) in [6.07, 6.45) is 2.28. The van der Waals surface area contributed by atoms with E-state index in [0.29, 0.717) is 11.7 Å². The number of aryl methyl sites for hydroxylation is 1. The largest absolute Gasteiger partial charge is 0.325 e. The topological polar surface area (TPSA) is 59.8 Å². The fourth-order valence-electron chi connectivity index (χ4n) is 2.17. The van der Waals surface area contributed by atoms with Gasteiger partial charge in [0, 0.05) is 11.7 Å². The molecule has 0 radical (unpaired) electrons. The minimum atomic E-state index is -0.326. The van der Waals surface area contributed by atoms with E-state index in [1.54, 1.807) is 12.1 Å². The molecule has 1 saturated carbocycles. The highest BCUT2D eigenvalue weighted by atomic mass is 32.2. The lowest BCUT2D eigenvalue weighted by Gasteiger charge is -2.12. The molecule has 1 fully saturated rings. The zero-order chi connectivity index (χ0) is 15.7. The van der Waals surface area contributed by atoms with E-state index in [2.05, 4.69) is 20.1 Å². The van der Waals surface area contributed by atoms with Gasteiger partial charge in [0.05, 0.1) is 5.25 Å². The van der Waals surface area contributed by atoms with Crippen molar-refractivity contribution in [1.82, 2.24) is 14.8 Å². The Morgan fingerprint density at radius 3 is 2.68 bits per heavy atom. The van der Waals surface area contributed by atoms with Crippen LogP contribution in [-0.4, -0.2) is 25.9 Å². The molecular formula is C15H17FN4OS. The van der Waals surface area contributed by atoms with Crippen LogP contribution in [0.3, 0.4) is 0 Å². The molecule has 3 rings (SSSR count). The maximum atomic E-state index is 12.9. The Morgan fingerprint density at radius 2 is 2.05 bits per heavy atom. The van der Waals surface area contributed by atoms with Crippen molar-refractivity contribution in [2.24, 2.45) is 0 Å². The summed E-state index contributed by atoms with van der Waals surface area (Å²) in [5.41, 5.74) is 0.582. The Morgan fingerprint density at radius 1 is 1.36 bits per heavy atom. The molecule has 1 aliphatic rings. The minimum Gasteiger partial charge on any atom is -0.325 e. The molecular weight excluding hydrogens is 303 g/mol. The highest BCUT2D eigenvalue weighted by Crippen LogP contribution is 2.39. The van der Waals surface area contributed by atoms with E-state index in [4.69, 9.17) is 0 Å². The molecule has 1 aromatic carbocycles. The number of nitrogens with one attached hydrogen (secondary N) is 1. The van der Waals surface area contributed by atoms with Crippen molar-refractivity contribution < 1.29 is 9.18 Å². The van der Waals surface area contributed by atoms with E-state index in [-0.39, 0.29) is 17.0 Å². The molecule has 0 aliphatic heterocycles. The second kappa shape index (κ2) is 6.08. The number of carbonyl (C=O) groups is 1. The van der Waals surface area contributed by atoms with Crippen LogP contribution in [0.15, 0.2) is 29.4 Å². The molecule has 0 spiro atoms. The molecule has 2 aromatic rings. The Kier molecular flexibility index (Phi) is 4.15. The zero-order valence-electron chi connectivity index (χ0n) is 12.4. The Labute approximate surface area is 132 Å². The Hall–Kier alpha value is -1.89. The second-order valence-electron chi connectivity index (χ2n) is 5.39. The first kappa shape index (κ1) is 15.0. The quantitative estimate of drug-likeness (QED) is 0.860. The molecule has 1 aromatic heterocycles. The molecule has 1 amide bonds. The van der Waals surface area contributed by atoms with Crippen LogP contribution in [0, 0.1) is 12.7 Å². The lowest BCUT2D eigenvalue weighted by Crippen LogP contribution is -2.23. The summed E-state index contributed by atoms with van der Waals surface area (Å²) in [6.45, 7) is 3.75. The van der Waals surface area contributed by atoms with Crippen LogP contribution in [-0.2, 0) is 4.79 Å². The summed E-state index contributed by atoms with van der Waals surface area (Å²) in [7, 11) is 0. The van der Waals surface area contributed by atoms with Gasteiger partial charge in [0.1, 0.15) is 11.6 Å². The average Bonchev–Trinajstić information content (AvgIpc) is 3.26. The maximum Gasteiger partial charge on any atom is 0.237 e. The van der Waals surface area contributed by atoms with Crippen molar-refractivity contribution in [2.45, 2.75) is 43.1 Å². The third-order valence-corrected chi connectivity index (χ3v) is 4.57. The molecule has 1 atom stereocenters. The SMILES string of the molecule is Cc1nnc(S[C@@H](C)C(=O)Nc2ccc(F)cc2)n1C1CC1. The number of halogens is 1. The Balaban J connectivity index is 1.65. The maximum absolute atomic E-state index is 12.9. The van der Waals surface area contributed by atoms with Crippen molar-refractivity contribution in [3.8, 4) is 0 Å². The highest BCUT2D eigenvalue weighted by Gasteiger charge is 2.29. The molecule has 0 bridgehead atoms. The van der Waals surface area contributed by atoms with Gasteiger partial charge in [-0.3, -0.25) is 4.79 Å². The normalized spacial score (nSPS) is 15.6. The number of rotatable bonds is 5. The minimum absolute atomic E-state index is 0.139. The lowest BCUT2D eigenvalue weighted by molar-refractivity contribution is -0.115. The molecule has 0 unspecified atom stereocenters. The fourth-order valence-corrected chi connectivity index (χ4v) is 3.14. The molecule has 1 N–H and O–H groups in total. The van der Waals surface area contributed by atoms with Gasteiger partial charge in [0.25, 0.3) is 0 Å². The van der Waals surface area contributed by atoms with Gasteiger partial charge >= 0.3 is 0 Å². The van der Waals surface area contributed by atoms with Crippen LogP contribution in [0.5, 0.6) is 0 Å². The van der Waals surface area contributed by atoms with Crippen LogP contribution in [0.25, 0.3) is 0 Å². The average molecular weight is 320 g/mol. The van der Waals surface area contributed by atoms with Crippen LogP contribution in [0.2, 0.25) is 0 Å². The summed E-state index contributed by atoms with van der Waals surface area (Å²) in [4.78, 5) is 12.2. The van der Waals surface area contributed by atoms with Crippen molar-refractivity contribution in [3.05, 3.63) is 35.9 Å². The van der Waals surface area contributed by atoms with Crippen LogP contribution < -0.4 is 5.32 Å². The van der Waals surface area contributed by atoms with Gasteiger partial charge < -0.3 is 9.88 Å². The van der Waals surface area contributed by atoms with Gasteiger partial charge in [-0.25, -0.2) is 4.39 Å². The first-order chi connectivity index (χ1) is 10.5. The molecule has 5 nitrogen and oxygen atoms in total. The standard InChI is InChI=1S/C15H17FN4OS/c1-9(14(21)17-12-5-3-11(16)4-6-12)22-15-19-18-10(2)20(15)13-7-8-13/h3-6,9,13H,7-8H2,1-2H3,(H,17,21)/t9-/m0/s1. The molecule has 7 heteroatoms. The third kappa shape index (κ3) is 3.30. The summed E-state index contributed by atoms with van der Waals surface area (Å²) in [6, 6.07) is 6.20. The van der Waals surface area contributed by atoms with Gasteiger partial charge in [-0.1, -0.05) is 11.8 Å². The Bertz CT molecular complexity index is 681. The van der Waals surface area contributed by atoms with Gasteiger partial charge in [-0.05, 0) is 51.0 Å². The first-order valence-corrected chi connectivity index (χ1v) is 8.07. The van der Waals surface area contributed by atoms with E-state index < -0.39 is 0 Å². The first-order valence-electron chi connectivity index (χ1n) is 7.19. The predicted octanol–water partition coefficient (Wildman–Crippen LogP) is 3.18. The zero-order valence-corrected chi connectivity index (χ0v) is 13.2. The number of benzene rings is 1. The third-order valence-electron chi connectivity index (χ3n) is 3.51. The van der Waals surface area contributed by atoms with Gasteiger partial charge in [0.15, 0.2) is 5.16 Å². The van der Waals surface area contributed by atoms with E-state index >= 15 is 0 Å². The molecule has 0 saturated heterocycles. The van der Waals surface area contributed by atoms with Crippen LogP contribution in [0.1, 0.15) is 31.6 Å². The molecule has 1 aliphatic carbocycles. The number of carbonyl (C=O) groups excluding carboxylic acids is 1. The predicted molar refractivity (Wildman–Crippen MR) is 83.4 cm³/mol. The smallest absolute Gasteiger partial charge is 0.237 e. The number of thioether (sulfide) groups is 1. The number of aromatic nitrogens is 3. The molecule has 1 heterocycles. The number of hydrogen-bond acceptors (Lipinski definition) is 4. The second-order valence-corrected chi connectivity index (χ2v) is 6.70. The lowest BCUT2D eigenvalue weighted by atomic mass is 10.3. The van der Waals surface area contributed by atoms with E-state index in [1.165, 1.54) is 23.9 Å². The van der Waals surface area contributed by atoms with E-state index in [9.17, 15) is 9.18 Å². The van der Waals surface area contributed by atoms with Gasteiger partial charge in [-0.2, -0.15) is 0 Å². The van der Waals surface area contributed by atoms with Crippen LogP contribution >= 0.6 is 11.8 Å². The fraction of sp³-hybridized carbons (Fsp3) is 0.400. The number of hydrogen-bond donors (Lipinski definition) is 1. The highest BCUT2D eigenvalue weighted by molar-refractivity contribution is 8.00. The number of nitrogens with zero attached hydrogens (tertiary/aromatic N) is 3. The summed E-state index contributed by atoms with van der Waals surface area (Å²) in [5, 5.41) is 11.5. The summed E-state index contributed by atoms with van der Waals surface area (Å²) >= 11 is 1.39. The molecule has 22 heavy (non-hydrogen) atoms. The van der Waals surface area contributed by atoms with Crippen molar-refractivity contribution in [3.63, 3.8) is 0 Å². The summed E-state index contributed by atoms with van der Waals surface area (Å²) < 4.78 is 15.0. The number of anilines is 1. The van der Waals surface area contributed by atoms with E-state index in [0.717, 1.165) is 23.8 Å². The van der Waals surface area contributed by atoms with Crippen LogP contribution in [0.4, 0.5) is 10.1 Å². The van der Waals surface area contributed by atoms with Gasteiger partial charge in [-0.15, -0.1) is 10.2 Å². The van der Waals surface area contributed by atoms with Crippen molar-refractivity contribution in [1.29, 1.82) is 0 Å². The van der Waals surface area contributed by atoms with Gasteiger partial charge in [0.2, 0.25) is 5.91 Å². The molecule has 116 valence electrons. The van der Waals surface area contributed by atoms with E-state index in [1.807, 2.05) is 13.8 Å². The monoisotopic (exact) mass is 320 g/mol. The van der Waals surface area contributed by atoms with Crippen molar-refractivity contribution >= 4 is 23.4 Å². The van der Waals surface area contributed by atoms with Crippen molar-refractivity contribution in [2.75, 3.05) is 5.32 Å².